The minimum Gasteiger partial charge on any atom is -0.379 e. The molecule has 0 aliphatic rings. The molecule has 0 aromatic carbocycles. The van der Waals surface area contributed by atoms with Gasteiger partial charge in [-0.2, -0.15) is 0 Å². The average Bonchev–Trinajstić information content (AvgIpc) is 1.35. The zero-order valence-electron chi connectivity index (χ0n) is 3.18. The van der Waals surface area contributed by atoms with E-state index in [1.165, 1.54) is 6.26 Å². The minimum atomic E-state index is -4.21. The number of hydrogen-bond acceptors (Lipinski definition) is 3. The number of rotatable bonds is 1. The van der Waals surface area contributed by atoms with Crippen molar-refractivity contribution in [3.63, 3.8) is 0 Å². The van der Waals surface area contributed by atoms with Gasteiger partial charge in [0.2, 0.25) is 0 Å². The predicted molar refractivity (Wildman–Crippen MR) is 24.8 cm³/mol. The topological polar surface area (TPSA) is 40.5 Å². The van der Waals surface area contributed by atoms with Crippen LogP contribution < -0.4 is 0 Å². The minimum absolute atomic E-state index is 0.465. The predicted octanol–water partition coefficient (Wildman–Crippen LogP) is -0.261. The smallest absolute Gasteiger partial charge is 0.379 e. The Hall–Kier alpha value is 0.417. The first kappa shape index (κ1) is 6.42. The fourth-order valence-corrected chi connectivity index (χ4v) is 0. The summed E-state index contributed by atoms with van der Waals surface area (Å²) in [6.45, 7) is 0. The van der Waals surface area contributed by atoms with Crippen LogP contribution in [0.1, 0.15) is 0 Å². The Bertz CT molecular complexity index is 43.3. The van der Waals surface area contributed by atoms with Crippen LogP contribution in [0.3, 0.4) is 0 Å². The van der Waals surface area contributed by atoms with Gasteiger partial charge < -0.3 is 9.59 Å². The number of hydrogen-bond donors (Lipinski definition) is 2. The van der Waals surface area contributed by atoms with E-state index in [2.05, 4.69) is 0 Å². The van der Waals surface area contributed by atoms with Crippen molar-refractivity contribution in [3.05, 3.63) is 0 Å². The summed E-state index contributed by atoms with van der Waals surface area (Å²) in [5, 5.41) is 0. The summed E-state index contributed by atoms with van der Waals surface area (Å²) in [4.78, 5) is 15.6. The van der Waals surface area contributed by atoms with E-state index in [1.54, 1.807) is 0 Å². The SMILES string of the molecule is CS[Si](O)(O)F. The Morgan fingerprint density at radius 3 is 1.83 bits per heavy atom. The van der Waals surface area contributed by atoms with Crippen molar-refractivity contribution in [3.8, 4) is 0 Å². The second-order valence-corrected chi connectivity index (χ2v) is 4.98. The Morgan fingerprint density at radius 2 is 1.83 bits per heavy atom. The van der Waals surface area contributed by atoms with Gasteiger partial charge in [0.1, 0.15) is 0 Å². The van der Waals surface area contributed by atoms with E-state index in [0.29, 0.717) is 11.2 Å². The second kappa shape index (κ2) is 1.92. The molecule has 0 fully saturated rings. The fraction of sp³-hybridized carbons (Fsp3) is 1.00. The molecule has 0 amide bonds. The highest BCUT2D eigenvalue weighted by molar-refractivity contribution is 8.25. The molecule has 0 aromatic rings. The molecule has 0 atom stereocenters. The van der Waals surface area contributed by atoms with E-state index in [-0.39, 0.29) is 0 Å². The molecule has 5 heteroatoms. The average molecular weight is 128 g/mol. The summed E-state index contributed by atoms with van der Waals surface area (Å²) in [5.74, 6) is 0. The van der Waals surface area contributed by atoms with E-state index in [9.17, 15) is 4.11 Å². The van der Waals surface area contributed by atoms with Gasteiger partial charge in [-0.25, -0.2) is 4.11 Å². The highest BCUT2D eigenvalue weighted by atomic mass is 32.4. The van der Waals surface area contributed by atoms with E-state index in [4.69, 9.17) is 9.59 Å². The summed E-state index contributed by atoms with van der Waals surface area (Å²) < 4.78 is 11.3. The van der Waals surface area contributed by atoms with Crippen LogP contribution in [0.4, 0.5) is 4.11 Å². The van der Waals surface area contributed by atoms with Crippen LogP contribution in [0.25, 0.3) is 0 Å². The Balaban J connectivity index is 3.17. The van der Waals surface area contributed by atoms with Gasteiger partial charge in [0.15, 0.2) is 0 Å². The molecule has 0 aromatic heterocycles. The molecule has 6 heavy (non-hydrogen) atoms. The molecule has 0 radical (unpaired) electrons. The summed E-state index contributed by atoms with van der Waals surface area (Å²) in [5.41, 5.74) is 0. The van der Waals surface area contributed by atoms with Crippen molar-refractivity contribution in [1.82, 2.24) is 0 Å². The molecule has 2 N–H and O–H groups in total. The molecule has 38 valence electrons. The third kappa shape index (κ3) is 4.42. The van der Waals surface area contributed by atoms with Gasteiger partial charge >= 0.3 is 8.04 Å². The highest BCUT2D eigenvalue weighted by Gasteiger charge is 2.28. The third-order valence-corrected chi connectivity index (χ3v) is 2.34. The van der Waals surface area contributed by atoms with Crippen molar-refractivity contribution in [2.45, 2.75) is 0 Å². The van der Waals surface area contributed by atoms with Crippen molar-refractivity contribution in [2.75, 3.05) is 6.26 Å². The van der Waals surface area contributed by atoms with Crippen LogP contribution in [0.2, 0.25) is 0 Å². The summed E-state index contributed by atoms with van der Waals surface area (Å²) in [6, 6.07) is 0. The molecule has 0 spiro atoms. The fourth-order valence-electron chi connectivity index (χ4n) is 0. The van der Waals surface area contributed by atoms with Crippen molar-refractivity contribution in [1.29, 1.82) is 0 Å². The van der Waals surface area contributed by atoms with Crippen LogP contribution in [0, 0.1) is 0 Å². The normalized spacial score (nSPS) is 12.0. The van der Waals surface area contributed by atoms with Gasteiger partial charge in [-0.15, -0.1) is 0 Å². The lowest BCUT2D eigenvalue weighted by molar-refractivity contribution is 0.326. The summed E-state index contributed by atoms with van der Waals surface area (Å²) in [6.07, 6.45) is 1.31. The lowest BCUT2D eigenvalue weighted by Gasteiger charge is -1.97. The van der Waals surface area contributed by atoms with Gasteiger partial charge in [0.25, 0.3) is 0 Å². The molecule has 0 saturated carbocycles. The Kier molecular flexibility index (Phi) is 2.05. The van der Waals surface area contributed by atoms with Gasteiger partial charge in [0, 0.05) is 0 Å². The quantitative estimate of drug-likeness (QED) is 0.377. The maximum Gasteiger partial charge on any atom is 0.606 e. The van der Waals surface area contributed by atoms with Crippen molar-refractivity contribution >= 4 is 19.3 Å². The first-order chi connectivity index (χ1) is 2.56. The zero-order chi connectivity index (χ0) is 5.21. The molecule has 0 rings (SSSR count). The van der Waals surface area contributed by atoms with Crippen molar-refractivity contribution in [2.24, 2.45) is 0 Å². The monoisotopic (exact) mass is 128 g/mol. The van der Waals surface area contributed by atoms with Crippen molar-refractivity contribution < 1.29 is 13.7 Å². The van der Waals surface area contributed by atoms with Gasteiger partial charge in [-0.05, 0) is 6.26 Å². The third-order valence-electron chi connectivity index (χ3n) is 0.260. The Labute approximate surface area is 40.1 Å². The molecule has 0 unspecified atom stereocenters. The zero-order valence-corrected chi connectivity index (χ0v) is 5.00. The van der Waals surface area contributed by atoms with E-state index < -0.39 is 8.04 Å². The van der Waals surface area contributed by atoms with Crippen LogP contribution >= 0.6 is 11.2 Å². The largest absolute Gasteiger partial charge is 0.606 e. The van der Waals surface area contributed by atoms with Crippen LogP contribution in [0.5, 0.6) is 0 Å². The van der Waals surface area contributed by atoms with Gasteiger partial charge in [0.05, 0.1) is 0 Å². The Morgan fingerprint density at radius 1 is 1.67 bits per heavy atom. The molecular formula is CH5FO2SSi. The van der Waals surface area contributed by atoms with E-state index in [0.717, 1.165) is 0 Å². The lowest BCUT2D eigenvalue weighted by atomic mass is 12.0. The molecule has 0 aliphatic heterocycles. The maximum absolute atomic E-state index is 11.3. The standard InChI is InChI=1S/CH5FO2SSi/c1-5-6(2,3)4/h3-4H,1H3. The lowest BCUT2D eigenvalue weighted by Crippen LogP contribution is -2.22. The van der Waals surface area contributed by atoms with Gasteiger partial charge in [-0.1, -0.05) is 11.2 Å². The molecular weight excluding hydrogens is 123 g/mol. The highest BCUT2D eigenvalue weighted by Crippen LogP contribution is 2.08. The van der Waals surface area contributed by atoms with Gasteiger partial charge in [-0.3, -0.25) is 0 Å². The molecule has 0 saturated heterocycles. The van der Waals surface area contributed by atoms with E-state index >= 15 is 0 Å². The van der Waals surface area contributed by atoms with E-state index in [1.807, 2.05) is 0 Å². The summed E-state index contributed by atoms with van der Waals surface area (Å²) in [7, 11) is -4.21. The molecule has 2 nitrogen and oxygen atoms in total. The summed E-state index contributed by atoms with van der Waals surface area (Å²) >= 11 is 0.465. The second-order valence-electron chi connectivity index (χ2n) is 0.733. The molecule has 0 aliphatic carbocycles. The maximum atomic E-state index is 11.3. The van der Waals surface area contributed by atoms with Crippen LogP contribution in [-0.4, -0.2) is 23.9 Å². The number of halogens is 1. The first-order valence-electron chi connectivity index (χ1n) is 1.25. The van der Waals surface area contributed by atoms with Crippen LogP contribution in [-0.2, 0) is 0 Å². The first-order valence-corrected chi connectivity index (χ1v) is 4.97. The molecule has 0 heterocycles. The van der Waals surface area contributed by atoms with Crippen LogP contribution in [0.15, 0.2) is 0 Å². The molecule has 0 bridgehead atoms.